The SMILES string of the molecule is Cc1cc2ncc(CNCCOCCN(C)C)cn2n1. The third-order valence-corrected chi connectivity index (χ3v) is 2.92. The van der Waals surface area contributed by atoms with Crippen LogP contribution in [-0.2, 0) is 11.3 Å². The first-order chi connectivity index (χ1) is 9.65. The van der Waals surface area contributed by atoms with E-state index in [0.29, 0.717) is 0 Å². The number of hydrogen-bond acceptors (Lipinski definition) is 5. The largest absolute Gasteiger partial charge is 0.379 e. The van der Waals surface area contributed by atoms with E-state index in [1.54, 1.807) is 0 Å². The van der Waals surface area contributed by atoms with Crippen molar-refractivity contribution in [3.63, 3.8) is 0 Å². The summed E-state index contributed by atoms with van der Waals surface area (Å²) < 4.78 is 7.34. The Morgan fingerprint density at radius 2 is 2.20 bits per heavy atom. The van der Waals surface area contributed by atoms with Crippen LogP contribution in [0, 0.1) is 6.92 Å². The maximum absolute atomic E-state index is 5.52. The number of hydrogen-bond donors (Lipinski definition) is 1. The van der Waals surface area contributed by atoms with Gasteiger partial charge in [-0.05, 0) is 21.0 Å². The summed E-state index contributed by atoms with van der Waals surface area (Å²) in [5, 5.41) is 7.70. The zero-order chi connectivity index (χ0) is 14.4. The summed E-state index contributed by atoms with van der Waals surface area (Å²) in [6.07, 6.45) is 3.89. The minimum Gasteiger partial charge on any atom is -0.379 e. The number of likely N-dealkylation sites (N-methyl/N-ethyl adjacent to an activating group) is 1. The Hall–Kier alpha value is -1.50. The van der Waals surface area contributed by atoms with E-state index >= 15 is 0 Å². The van der Waals surface area contributed by atoms with Crippen molar-refractivity contribution < 1.29 is 4.74 Å². The fourth-order valence-corrected chi connectivity index (χ4v) is 1.85. The molecule has 6 nitrogen and oxygen atoms in total. The molecule has 2 rings (SSSR count). The van der Waals surface area contributed by atoms with Crippen LogP contribution in [0.25, 0.3) is 5.65 Å². The van der Waals surface area contributed by atoms with E-state index in [1.807, 2.05) is 44.0 Å². The lowest BCUT2D eigenvalue weighted by molar-refractivity contribution is 0.119. The highest BCUT2D eigenvalue weighted by Gasteiger charge is 2.00. The van der Waals surface area contributed by atoms with Gasteiger partial charge in [0, 0.05) is 43.7 Å². The molecule has 2 aromatic heterocycles. The van der Waals surface area contributed by atoms with Crippen molar-refractivity contribution in [2.45, 2.75) is 13.5 Å². The standard InChI is InChI=1S/C14H23N5O/c1-12-8-14-16-10-13(11-19(14)17-12)9-15-4-6-20-7-5-18(2)3/h8,10-11,15H,4-7,9H2,1-3H3. The van der Waals surface area contributed by atoms with Crippen LogP contribution in [0.5, 0.6) is 0 Å². The van der Waals surface area contributed by atoms with Crippen molar-refractivity contribution in [1.82, 2.24) is 24.8 Å². The Kier molecular flexibility index (Phi) is 5.46. The molecule has 0 spiro atoms. The summed E-state index contributed by atoms with van der Waals surface area (Å²) in [4.78, 5) is 6.48. The van der Waals surface area contributed by atoms with Crippen molar-refractivity contribution in [2.75, 3.05) is 40.4 Å². The Morgan fingerprint density at radius 3 is 3.00 bits per heavy atom. The molecule has 0 unspecified atom stereocenters. The summed E-state index contributed by atoms with van der Waals surface area (Å²) in [5.74, 6) is 0. The van der Waals surface area contributed by atoms with Crippen LogP contribution in [0.1, 0.15) is 11.3 Å². The lowest BCUT2D eigenvalue weighted by Crippen LogP contribution is -2.23. The number of nitrogens with zero attached hydrogens (tertiary/aromatic N) is 4. The van der Waals surface area contributed by atoms with Gasteiger partial charge in [-0.3, -0.25) is 0 Å². The smallest absolute Gasteiger partial charge is 0.155 e. The predicted molar refractivity (Wildman–Crippen MR) is 78.8 cm³/mol. The summed E-state index contributed by atoms with van der Waals surface area (Å²) in [7, 11) is 4.09. The monoisotopic (exact) mass is 277 g/mol. The average Bonchev–Trinajstić information content (AvgIpc) is 2.76. The lowest BCUT2D eigenvalue weighted by Gasteiger charge is -2.10. The molecule has 0 aliphatic carbocycles. The van der Waals surface area contributed by atoms with Gasteiger partial charge < -0.3 is 15.0 Å². The highest BCUT2D eigenvalue weighted by atomic mass is 16.5. The van der Waals surface area contributed by atoms with Crippen LogP contribution in [0.15, 0.2) is 18.5 Å². The van der Waals surface area contributed by atoms with Gasteiger partial charge >= 0.3 is 0 Å². The van der Waals surface area contributed by atoms with E-state index in [-0.39, 0.29) is 0 Å². The van der Waals surface area contributed by atoms with Gasteiger partial charge in [0.1, 0.15) is 0 Å². The fraction of sp³-hybridized carbons (Fsp3) is 0.571. The average molecular weight is 277 g/mol. The van der Waals surface area contributed by atoms with Gasteiger partial charge in [-0.1, -0.05) is 0 Å². The normalized spacial score (nSPS) is 11.6. The Bertz CT molecular complexity index is 537. The molecule has 0 saturated heterocycles. The van der Waals surface area contributed by atoms with E-state index in [9.17, 15) is 0 Å². The zero-order valence-corrected chi connectivity index (χ0v) is 12.5. The number of fused-ring (bicyclic) bond motifs is 1. The molecule has 6 heteroatoms. The Morgan fingerprint density at radius 1 is 1.35 bits per heavy atom. The van der Waals surface area contributed by atoms with E-state index in [1.165, 1.54) is 0 Å². The maximum atomic E-state index is 5.52. The zero-order valence-electron chi connectivity index (χ0n) is 12.5. The number of rotatable bonds is 8. The predicted octanol–water partition coefficient (Wildman–Crippen LogP) is 0.706. The van der Waals surface area contributed by atoms with Crippen LogP contribution >= 0.6 is 0 Å². The number of nitrogens with one attached hydrogen (secondary N) is 1. The molecule has 0 radical (unpaired) electrons. The molecular formula is C14H23N5O. The number of aromatic nitrogens is 3. The summed E-state index contributed by atoms with van der Waals surface area (Å²) >= 11 is 0. The van der Waals surface area contributed by atoms with E-state index in [0.717, 1.165) is 49.8 Å². The van der Waals surface area contributed by atoms with Crippen LogP contribution in [0.4, 0.5) is 0 Å². The van der Waals surface area contributed by atoms with Gasteiger partial charge in [-0.15, -0.1) is 0 Å². The van der Waals surface area contributed by atoms with Gasteiger partial charge in [0.2, 0.25) is 0 Å². The van der Waals surface area contributed by atoms with E-state index in [2.05, 4.69) is 20.3 Å². The van der Waals surface area contributed by atoms with E-state index in [4.69, 9.17) is 4.74 Å². The summed E-state index contributed by atoms with van der Waals surface area (Å²) in [5.41, 5.74) is 2.99. The second kappa shape index (κ2) is 7.33. The van der Waals surface area contributed by atoms with Crippen molar-refractivity contribution in [2.24, 2.45) is 0 Å². The molecule has 0 amide bonds. The fourth-order valence-electron chi connectivity index (χ4n) is 1.85. The van der Waals surface area contributed by atoms with Gasteiger partial charge in [-0.25, -0.2) is 9.50 Å². The first kappa shape index (κ1) is 14.9. The molecule has 0 fully saturated rings. The second-order valence-electron chi connectivity index (χ2n) is 5.14. The highest BCUT2D eigenvalue weighted by Crippen LogP contribution is 2.04. The molecule has 2 aromatic rings. The van der Waals surface area contributed by atoms with Crippen molar-refractivity contribution in [3.05, 3.63) is 29.7 Å². The maximum Gasteiger partial charge on any atom is 0.155 e. The second-order valence-corrected chi connectivity index (χ2v) is 5.14. The molecule has 2 heterocycles. The quantitative estimate of drug-likeness (QED) is 0.720. The Labute approximate surface area is 119 Å². The first-order valence-electron chi connectivity index (χ1n) is 6.89. The van der Waals surface area contributed by atoms with Crippen LogP contribution in [-0.4, -0.2) is 59.9 Å². The van der Waals surface area contributed by atoms with Crippen molar-refractivity contribution in [3.8, 4) is 0 Å². The van der Waals surface area contributed by atoms with Crippen LogP contribution in [0.3, 0.4) is 0 Å². The highest BCUT2D eigenvalue weighted by molar-refractivity contribution is 5.38. The Balaban J connectivity index is 1.68. The first-order valence-corrected chi connectivity index (χ1v) is 6.89. The van der Waals surface area contributed by atoms with Gasteiger partial charge in [0.15, 0.2) is 5.65 Å². The molecule has 110 valence electrons. The minimum absolute atomic E-state index is 0.727. The third-order valence-electron chi connectivity index (χ3n) is 2.92. The lowest BCUT2D eigenvalue weighted by atomic mass is 10.3. The number of aryl methyl sites for hydroxylation is 1. The molecule has 20 heavy (non-hydrogen) atoms. The molecule has 0 aliphatic heterocycles. The van der Waals surface area contributed by atoms with Crippen molar-refractivity contribution >= 4 is 5.65 Å². The number of ether oxygens (including phenoxy) is 1. The van der Waals surface area contributed by atoms with Gasteiger partial charge in [0.05, 0.1) is 18.9 Å². The summed E-state index contributed by atoms with van der Waals surface area (Å²) in [6, 6.07) is 1.97. The van der Waals surface area contributed by atoms with Gasteiger partial charge in [0.25, 0.3) is 0 Å². The van der Waals surface area contributed by atoms with Crippen LogP contribution < -0.4 is 5.32 Å². The molecule has 1 N–H and O–H groups in total. The topological polar surface area (TPSA) is 54.7 Å². The molecule has 0 saturated carbocycles. The molecule has 0 atom stereocenters. The van der Waals surface area contributed by atoms with Crippen LogP contribution in [0.2, 0.25) is 0 Å². The molecule has 0 aromatic carbocycles. The molecule has 0 bridgehead atoms. The van der Waals surface area contributed by atoms with Crippen molar-refractivity contribution in [1.29, 1.82) is 0 Å². The third kappa shape index (κ3) is 4.56. The van der Waals surface area contributed by atoms with Gasteiger partial charge in [-0.2, -0.15) is 5.10 Å². The summed E-state index contributed by atoms with van der Waals surface area (Å²) in [6.45, 7) is 6.04. The van der Waals surface area contributed by atoms with E-state index < -0.39 is 0 Å². The molecular weight excluding hydrogens is 254 g/mol. The minimum atomic E-state index is 0.727. The molecule has 0 aliphatic rings.